The number of esters is 1. The van der Waals surface area contributed by atoms with Gasteiger partial charge in [-0.15, -0.1) is 0 Å². The van der Waals surface area contributed by atoms with Crippen molar-refractivity contribution in [2.24, 2.45) is 5.41 Å². The van der Waals surface area contributed by atoms with Gasteiger partial charge in [0.2, 0.25) is 0 Å². The smallest absolute Gasteiger partial charge is 0.303 e. The number of hydrogen-bond donors (Lipinski definition) is 0. The van der Waals surface area contributed by atoms with E-state index in [9.17, 15) is 4.79 Å². The minimum absolute atomic E-state index is 0.168. The zero-order valence-corrected chi connectivity index (χ0v) is 11.1. The Morgan fingerprint density at radius 1 is 1.53 bits per heavy atom. The molecule has 0 aromatic carbocycles. The second-order valence-corrected chi connectivity index (χ2v) is 5.58. The molecule has 0 aromatic heterocycles. The van der Waals surface area contributed by atoms with Crippen molar-refractivity contribution >= 4 is 5.97 Å². The lowest BCUT2D eigenvalue weighted by molar-refractivity contribution is -0.276. The van der Waals surface area contributed by atoms with Crippen molar-refractivity contribution in [1.82, 2.24) is 0 Å². The summed E-state index contributed by atoms with van der Waals surface area (Å²) in [6.07, 6.45) is 2.24. The maximum atomic E-state index is 11.2. The summed E-state index contributed by atoms with van der Waals surface area (Å²) < 4.78 is 16.9. The molecule has 0 N–H and O–H groups in total. The quantitative estimate of drug-likeness (QED) is 0.547. The Morgan fingerprint density at radius 3 is 2.71 bits per heavy atom. The van der Waals surface area contributed by atoms with Gasteiger partial charge in [-0.05, 0) is 18.6 Å². The molecule has 0 radical (unpaired) electrons. The minimum Gasteiger partial charge on any atom is -0.459 e. The second kappa shape index (κ2) is 3.82. The SMILES string of the molecule is COC12CC(C)(C)C(OC(C)=O)C(C=C1C)O2. The molecule has 3 atom stereocenters. The summed E-state index contributed by atoms with van der Waals surface area (Å²) in [5.74, 6) is -0.903. The Labute approximate surface area is 102 Å². The molecule has 2 rings (SSSR count). The molecule has 0 aliphatic carbocycles. The first-order valence-electron chi connectivity index (χ1n) is 5.90. The Kier molecular flexibility index (Phi) is 2.83. The maximum Gasteiger partial charge on any atom is 0.303 e. The highest BCUT2D eigenvalue weighted by Crippen LogP contribution is 2.50. The van der Waals surface area contributed by atoms with Crippen LogP contribution in [-0.4, -0.2) is 31.1 Å². The summed E-state index contributed by atoms with van der Waals surface area (Å²) in [4.78, 5) is 11.2. The molecular formula is C13H20O4. The lowest BCUT2D eigenvalue weighted by Gasteiger charge is -2.47. The van der Waals surface area contributed by atoms with Gasteiger partial charge in [-0.3, -0.25) is 4.79 Å². The van der Waals surface area contributed by atoms with Crippen molar-refractivity contribution < 1.29 is 19.0 Å². The molecule has 4 nitrogen and oxygen atoms in total. The predicted octanol–water partition coefficient (Wildman–Crippen LogP) is 2.04. The fourth-order valence-corrected chi connectivity index (χ4v) is 2.88. The van der Waals surface area contributed by atoms with Crippen molar-refractivity contribution in [3.05, 3.63) is 11.6 Å². The van der Waals surface area contributed by atoms with Gasteiger partial charge in [0.15, 0.2) is 5.79 Å². The molecule has 96 valence electrons. The molecule has 4 heteroatoms. The largest absolute Gasteiger partial charge is 0.459 e. The van der Waals surface area contributed by atoms with E-state index in [-0.39, 0.29) is 23.6 Å². The molecule has 3 unspecified atom stereocenters. The standard InChI is InChI=1S/C13H20O4/c1-8-6-10-11(16-9(2)14)12(3,4)7-13(8,15-5)17-10/h6,10-11H,7H2,1-5H3. The van der Waals surface area contributed by atoms with Gasteiger partial charge >= 0.3 is 5.97 Å². The monoisotopic (exact) mass is 240 g/mol. The third-order valence-corrected chi connectivity index (χ3v) is 3.72. The molecular weight excluding hydrogens is 220 g/mol. The van der Waals surface area contributed by atoms with Crippen LogP contribution in [0.3, 0.4) is 0 Å². The van der Waals surface area contributed by atoms with Crippen molar-refractivity contribution in [2.75, 3.05) is 7.11 Å². The van der Waals surface area contributed by atoms with Gasteiger partial charge in [-0.2, -0.15) is 0 Å². The molecule has 2 bridgehead atoms. The normalized spacial score (nSPS) is 38.8. The molecule has 0 saturated carbocycles. The fourth-order valence-electron chi connectivity index (χ4n) is 2.88. The van der Waals surface area contributed by atoms with Gasteiger partial charge in [0.1, 0.15) is 12.2 Å². The van der Waals surface area contributed by atoms with Crippen LogP contribution in [0.2, 0.25) is 0 Å². The Hall–Kier alpha value is -0.870. The van der Waals surface area contributed by atoms with Crippen LogP contribution >= 0.6 is 0 Å². The zero-order valence-electron chi connectivity index (χ0n) is 11.1. The molecule has 0 amide bonds. The summed E-state index contributed by atoms with van der Waals surface area (Å²) in [6.45, 7) is 7.59. The van der Waals surface area contributed by atoms with E-state index in [4.69, 9.17) is 14.2 Å². The zero-order chi connectivity index (χ0) is 12.8. The second-order valence-electron chi connectivity index (χ2n) is 5.58. The van der Waals surface area contributed by atoms with E-state index in [0.717, 1.165) is 5.57 Å². The van der Waals surface area contributed by atoms with E-state index < -0.39 is 5.79 Å². The lowest BCUT2D eigenvalue weighted by atomic mass is 9.76. The summed E-state index contributed by atoms with van der Waals surface area (Å²) in [5, 5.41) is 0. The van der Waals surface area contributed by atoms with E-state index in [2.05, 4.69) is 13.8 Å². The molecule has 1 fully saturated rings. The average molecular weight is 240 g/mol. The van der Waals surface area contributed by atoms with Crippen LogP contribution < -0.4 is 0 Å². The van der Waals surface area contributed by atoms with Crippen LogP contribution in [-0.2, 0) is 19.0 Å². The first-order valence-corrected chi connectivity index (χ1v) is 5.90. The number of methoxy groups -OCH3 is 1. The number of hydrogen-bond acceptors (Lipinski definition) is 4. The van der Waals surface area contributed by atoms with E-state index in [1.54, 1.807) is 7.11 Å². The summed E-state index contributed by atoms with van der Waals surface area (Å²) >= 11 is 0. The summed E-state index contributed by atoms with van der Waals surface area (Å²) in [6, 6.07) is 0. The van der Waals surface area contributed by atoms with Crippen LogP contribution in [0.15, 0.2) is 11.6 Å². The first kappa shape index (κ1) is 12.6. The topological polar surface area (TPSA) is 44.8 Å². The number of ether oxygens (including phenoxy) is 3. The minimum atomic E-state index is -0.634. The molecule has 2 heterocycles. The lowest BCUT2D eigenvalue weighted by Crippen LogP contribution is -2.54. The Morgan fingerprint density at radius 2 is 2.18 bits per heavy atom. The highest BCUT2D eigenvalue weighted by atomic mass is 16.7. The molecule has 1 saturated heterocycles. The van der Waals surface area contributed by atoms with E-state index >= 15 is 0 Å². The molecule has 17 heavy (non-hydrogen) atoms. The number of carbonyl (C=O) groups excluding carboxylic acids is 1. The number of carbonyl (C=O) groups is 1. The molecule has 0 aromatic rings. The molecule has 2 aliphatic rings. The first-order chi connectivity index (χ1) is 7.81. The highest BCUT2D eigenvalue weighted by molar-refractivity contribution is 5.66. The van der Waals surface area contributed by atoms with Crippen LogP contribution in [0, 0.1) is 5.41 Å². The molecule has 0 spiro atoms. The Bertz CT molecular complexity index is 372. The van der Waals surface area contributed by atoms with Gasteiger partial charge in [0.25, 0.3) is 0 Å². The van der Waals surface area contributed by atoms with Crippen molar-refractivity contribution in [1.29, 1.82) is 0 Å². The fraction of sp³-hybridized carbons (Fsp3) is 0.769. The number of rotatable bonds is 2. The highest BCUT2D eigenvalue weighted by Gasteiger charge is 2.57. The van der Waals surface area contributed by atoms with Crippen molar-refractivity contribution in [2.45, 2.75) is 52.1 Å². The summed E-state index contributed by atoms with van der Waals surface area (Å²) in [7, 11) is 1.65. The van der Waals surface area contributed by atoms with Gasteiger partial charge in [-0.1, -0.05) is 13.8 Å². The summed E-state index contributed by atoms with van der Waals surface area (Å²) in [5.41, 5.74) is 0.895. The van der Waals surface area contributed by atoms with Gasteiger partial charge in [0.05, 0.1) is 0 Å². The van der Waals surface area contributed by atoms with Crippen molar-refractivity contribution in [3.63, 3.8) is 0 Å². The third kappa shape index (κ3) is 1.89. The van der Waals surface area contributed by atoms with E-state index in [1.165, 1.54) is 6.92 Å². The Balaban J connectivity index is 2.31. The van der Waals surface area contributed by atoms with Gasteiger partial charge in [0, 0.05) is 25.9 Å². The van der Waals surface area contributed by atoms with Gasteiger partial charge < -0.3 is 14.2 Å². The van der Waals surface area contributed by atoms with Crippen LogP contribution in [0.4, 0.5) is 0 Å². The van der Waals surface area contributed by atoms with Crippen molar-refractivity contribution in [3.8, 4) is 0 Å². The third-order valence-electron chi connectivity index (χ3n) is 3.72. The molecule has 2 aliphatic heterocycles. The van der Waals surface area contributed by atoms with E-state index in [1.807, 2.05) is 13.0 Å². The van der Waals surface area contributed by atoms with Crippen LogP contribution in [0.5, 0.6) is 0 Å². The number of fused-ring (bicyclic) bond motifs is 2. The maximum absolute atomic E-state index is 11.2. The van der Waals surface area contributed by atoms with Gasteiger partial charge in [-0.25, -0.2) is 0 Å². The van der Waals surface area contributed by atoms with Crippen LogP contribution in [0.25, 0.3) is 0 Å². The van der Waals surface area contributed by atoms with E-state index in [0.29, 0.717) is 6.42 Å². The average Bonchev–Trinajstić information content (AvgIpc) is 2.48. The predicted molar refractivity (Wildman–Crippen MR) is 62.3 cm³/mol. The van der Waals surface area contributed by atoms with Crippen LogP contribution in [0.1, 0.15) is 34.1 Å².